The van der Waals surface area contributed by atoms with Crippen LogP contribution in [0.4, 0.5) is 0 Å². The van der Waals surface area contributed by atoms with Crippen LogP contribution in [-0.4, -0.2) is 42.0 Å². The molecule has 26 heavy (non-hydrogen) atoms. The second-order valence-corrected chi connectivity index (χ2v) is 6.66. The van der Waals surface area contributed by atoms with E-state index in [0.717, 1.165) is 37.2 Å². The van der Waals surface area contributed by atoms with Gasteiger partial charge in [-0.3, -0.25) is 9.69 Å². The molecule has 142 valence electrons. The number of nitrogens with two attached hydrogens (primary N) is 1. The average Bonchev–Trinajstić information content (AvgIpc) is 3.09. The van der Waals surface area contributed by atoms with Crippen LogP contribution in [0.5, 0.6) is 0 Å². The lowest BCUT2D eigenvalue weighted by molar-refractivity contribution is -0.126. The molecule has 1 aromatic carbocycles. The highest BCUT2D eigenvalue weighted by atomic mass is 35.5. The quantitative estimate of drug-likeness (QED) is 0.806. The second-order valence-electron chi connectivity index (χ2n) is 6.66. The van der Waals surface area contributed by atoms with Gasteiger partial charge in [0.15, 0.2) is 0 Å². The maximum Gasteiger partial charge on any atom is 0.226 e. The number of amides is 1. The summed E-state index contributed by atoms with van der Waals surface area (Å²) in [6.07, 6.45) is 3.66. The number of aryl methyl sites for hydroxylation is 1. The van der Waals surface area contributed by atoms with Crippen molar-refractivity contribution in [1.82, 2.24) is 15.2 Å². The summed E-state index contributed by atoms with van der Waals surface area (Å²) in [6.45, 7) is 5.51. The summed E-state index contributed by atoms with van der Waals surface area (Å²) in [5.74, 6) is 0.781. The number of aromatic nitrogens is 1. The number of rotatable bonds is 6. The number of nitrogens with one attached hydrogen (secondary N) is 1. The van der Waals surface area contributed by atoms with Crippen molar-refractivity contribution in [3.05, 3.63) is 41.8 Å². The van der Waals surface area contributed by atoms with Gasteiger partial charge in [0.1, 0.15) is 6.26 Å². The minimum absolute atomic E-state index is 0. The molecule has 2 aromatic rings. The number of hydrogen-bond acceptors (Lipinski definition) is 5. The number of halogens is 1. The number of piperidine rings is 1. The van der Waals surface area contributed by atoms with Crippen LogP contribution in [0.1, 0.15) is 24.1 Å². The maximum absolute atomic E-state index is 12.1. The molecule has 0 spiro atoms. The van der Waals surface area contributed by atoms with Crippen molar-refractivity contribution >= 4 is 18.3 Å². The van der Waals surface area contributed by atoms with E-state index in [0.29, 0.717) is 25.5 Å². The molecule has 1 aliphatic heterocycles. The fourth-order valence-electron chi connectivity index (χ4n) is 3.19. The van der Waals surface area contributed by atoms with Gasteiger partial charge in [-0.1, -0.05) is 17.7 Å². The van der Waals surface area contributed by atoms with Gasteiger partial charge in [-0.25, -0.2) is 4.98 Å². The van der Waals surface area contributed by atoms with Gasteiger partial charge < -0.3 is 15.5 Å². The van der Waals surface area contributed by atoms with E-state index in [4.69, 9.17) is 10.2 Å². The third-order valence-corrected chi connectivity index (χ3v) is 4.56. The zero-order chi connectivity index (χ0) is 17.6. The first-order chi connectivity index (χ1) is 12.2. The zero-order valence-corrected chi connectivity index (χ0v) is 15.9. The van der Waals surface area contributed by atoms with Gasteiger partial charge in [0.25, 0.3) is 0 Å². The smallest absolute Gasteiger partial charge is 0.226 e. The normalized spacial score (nSPS) is 17.5. The summed E-state index contributed by atoms with van der Waals surface area (Å²) in [7, 11) is 0. The van der Waals surface area contributed by atoms with Crippen LogP contribution in [-0.2, 0) is 11.3 Å². The highest BCUT2D eigenvalue weighted by molar-refractivity contribution is 5.85. The van der Waals surface area contributed by atoms with E-state index in [9.17, 15) is 4.79 Å². The van der Waals surface area contributed by atoms with Crippen molar-refractivity contribution in [2.45, 2.75) is 26.3 Å². The van der Waals surface area contributed by atoms with Gasteiger partial charge in [0, 0.05) is 31.7 Å². The van der Waals surface area contributed by atoms with Crippen LogP contribution >= 0.6 is 12.4 Å². The van der Waals surface area contributed by atoms with Crippen LogP contribution in [0.15, 0.2) is 34.9 Å². The van der Waals surface area contributed by atoms with E-state index in [1.807, 2.05) is 24.3 Å². The van der Waals surface area contributed by atoms with Gasteiger partial charge in [0.05, 0.1) is 11.6 Å². The van der Waals surface area contributed by atoms with Crippen LogP contribution in [0, 0.1) is 12.8 Å². The molecule has 3 N–H and O–H groups in total. The van der Waals surface area contributed by atoms with E-state index in [1.54, 1.807) is 6.26 Å². The summed E-state index contributed by atoms with van der Waals surface area (Å²) in [4.78, 5) is 19.0. The lowest BCUT2D eigenvalue weighted by Gasteiger charge is -2.31. The van der Waals surface area contributed by atoms with E-state index in [1.165, 1.54) is 5.56 Å². The predicted molar refractivity (Wildman–Crippen MR) is 104 cm³/mol. The SMILES string of the molecule is Cc1ccc(-c2nc(CN3CCCC(C(=O)NCCN)C3)co2)cc1.Cl. The van der Waals surface area contributed by atoms with Gasteiger partial charge in [-0.05, 0) is 38.4 Å². The van der Waals surface area contributed by atoms with Crippen LogP contribution in [0.25, 0.3) is 11.5 Å². The molecule has 3 rings (SSSR count). The monoisotopic (exact) mass is 378 g/mol. The molecule has 0 aliphatic carbocycles. The van der Waals surface area contributed by atoms with E-state index < -0.39 is 0 Å². The van der Waals surface area contributed by atoms with Crippen molar-refractivity contribution in [3.8, 4) is 11.5 Å². The molecule has 0 bridgehead atoms. The first kappa shape index (κ1) is 20.4. The van der Waals surface area contributed by atoms with Gasteiger partial charge in [0.2, 0.25) is 11.8 Å². The molecule has 1 fully saturated rings. The number of hydrogen-bond donors (Lipinski definition) is 2. The Morgan fingerprint density at radius 2 is 2.15 bits per heavy atom. The van der Waals surface area contributed by atoms with E-state index in [2.05, 4.69) is 22.1 Å². The first-order valence-electron chi connectivity index (χ1n) is 8.87. The van der Waals surface area contributed by atoms with Crippen LogP contribution < -0.4 is 11.1 Å². The third kappa shape index (κ3) is 5.30. The standard InChI is InChI=1S/C19H26N4O2.ClH/c1-14-4-6-15(7-5-14)19-22-17(13-25-19)12-23-10-2-3-16(11-23)18(24)21-9-8-20;/h4-7,13,16H,2-3,8-12,20H2,1H3,(H,21,24);1H. The summed E-state index contributed by atoms with van der Waals surface area (Å²) < 4.78 is 5.63. The maximum atomic E-state index is 12.1. The number of likely N-dealkylation sites (tertiary alicyclic amines) is 1. The lowest BCUT2D eigenvalue weighted by atomic mass is 9.97. The Kier molecular flexibility index (Phi) is 7.63. The fraction of sp³-hybridized carbons (Fsp3) is 0.474. The Labute approximate surface area is 160 Å². The number of nitrogens with zero attached hydrogens (tertiary/aromatic N) is 2. The Morgan fingerprint density at radius 3 is 2.88 bits per heavy atom. The molecule has 1 aromatic heterocycles. The minimum atomic E-state index is 0. The minimum Gasteiger partial charge on any atom is -0.444 e. The predicted octanol–water partition coefficient (Wildman–Crippen LogP) is 2.36. The first-order valence-corrected chi connectivity index (χ1v) is 8.87. The van der Waals surface area contributed by atoms with Crippen molar-refractivity contribution in [1.29, 1.82) is 0 Å². The molecule has 1 saturated heterocycles. The Hall–Kier alpha value is -1.89. The number of carbonyl (C=O) groups excluding carboxylic acids is 1. The molecule has 6 nitrogen and oxygen atoms in total. The van der Waals surface area contributed by atoms with Crippen LogP contribution in [0.3, 0.4) is 0 Å². The summed E-state index contributed by atoms with van der Waals surface area (Å²) in [5, 5.41) is 2.89. The molecule has 0 radical (unpaired) electrons. The van der Waals surface area contributed by atoms with E-state index >= 15 is 0 Å². The lowest BCUT2D eigenvalue weighted by Crippen LogP contribution is -2.43. The molecule has 7 heteroatoms. The molecule has 2 heterocycles. The van der Waals surface area contributed by atoms with Crippen molar-refractivity contribution < 1.29 is 9.21 Å². The Bertz CT molecular complexity index is 702. The van der Waals surface area contributed by atoms with Crippen molar-refractivity contribution in [2.24, 2.45) is 11.7 Å². The van der Waals surface area contributed by atoms with Gasteiger partial charge in [-0.2, -0.15) is 0 Å². The summed E-state index contributed by atoms with van der Waals surface area (Å²) in [6, 6.07) is 8.14. The largest absolute Gasteiger partial charge is 0.444 e. The second kappa shape index (κ2) is 9.71. The number of benzene rings is 1. The Balaban J connectivity index is 0.00000243. The highest BCUT2D eigenvalue weighted by Gasteiger charge is 2.26. The molecule has 0 saturated carbocycles. The van der Waals surface area contributed by atoms with Crippen LogP contribution in [0.2, 0.25) is 0 Å². The molecular weight excluding hydrogens is 352 g/mol. The third-order valence-electron chi connectivity index (χ3n) is 4.56. The number of carbonyl (C=O) groups is 1. The summed E-state index contributed by atoms with van der Waals surface area (Å²) >= 11 is 0. The Morgan fingerprint density at radius 1 is 1.38 bits per heavy atom. The number of oxazole rings is 1. The molecule has 1 amide bonds. The van der Waals surface area contributed by atoms with E-state index in [-0.39, 0.29) is 24.2 Å². The summed E-state index contributed by atoms with van der Waals surface area (Å²) in [5.41, 5.74) is 8.54. The average molecular weight is 379 g/mol. The fourth-order valence-corrected chi connectivity index (χ4v) is 3.19. The van der Waals surface area contributed by atoms with Crippen molar-refractivity contribution in [2.75, 3.05) is 26.2 Å². The van der Waals surface area contributed by atoms with Gasteiger partial charge in [-0.15, -0.1) is 12.4 Å². The molecular formula is C19H27ClN4O2. The highest BCUT2D eigenvalue weighted by Crippen LogP contribution is 2.22. The molecule has 1 unspecified atom stereocenters. The molecule has 1 atom stereocenters. The van der Waals surface area contributed by atoms with Gasteiger partial charge >= 0.3 is 0 Å². The topological polar surface area (TPSA) is 84.4 Å². The van der Waals surface area contributed by atoms with Crippen molar-refractivity contribution in [3.63, 3.8) is 0 Å². The zero-order valence-electron chi connectivity index (χ0n) is 15.1. The molecule has 1 aliphatic rings.